The van der Waals surface area contributed by atoms with E-state index >= 15 is 0 Å². The van der Waals surface area contributed by atoms with Crippen LogP contribution in [0, 0.1) is 5.82 Å². The van der Waals surface area contributed by atoms with Crippen LogP contribution in [0.15, 0.2) is 54.6 Å². The Morgan fingerprint density at radius 1 is 1.08 bits per heavy atom. The molecule has 0 spiro atoms. The molecule has 2 amide bonds. The largest absolute Gasteiger partial charge is 0.374 e. The normalized spacial score (nSPS) is 11.8. The summed E-state index contributed by atoms with van der Waals surface area (Å²) in [7, 11) is 0. The molecule has 4 nitrogen and oxygen atoms in total. The van der Waals surface area contributed by atoms with E-state index in [1.807, 2.05) is 37.3 Å². The van der Waals surface area contributed by atoms with Crippen LogP contribution >= 0.6 is 0 Å². The third kappa shape index (κ3) is 6.38. The predicted octanol–water partition coefficient (Wildman–Crippen LogP) is 3.79. The SMILES string of the molecule is CC(OCCCNC(=O)NCc1ccc(F)cc1)c1ccccc1. The van der Waals surface area contributed by atoms with Crippen molar-refractivity contribution in [1.29, 1.82) is 0 Å². The summed E-state index contributed by atoms with van der Waals surface area (Å²) in [5, 5.41) is 5.50. The molecule has 0 bridgehead atoms. The van der Waals surface area contributed by atoms with Gasteiger partial charge >= 0.3 is 6.03 Å². The summed E-state index contributed by atoms with van der Waals surface area (Å²) < 4.78 is 18.5. The molecule has 2 N–H and O–H groups in total. The van der Waals surface area contributed by atoms with Crippen molar-refractivity contribution in [3.63, 3.8) is 0 Å². The fourth-order valence-electron chi connectivity index (χ4n) is 2.20. The molecule has 0 aliphatic carbocycles. The van der Waals surface area contributed by atoms with Crippen LogP contribution in [0.4, 0.5) is 9.18 Å². The van der Waals surface area contributed by atoms with Gasteiger partial charge in [0, 0.05) is 19.7 Å². The van der Waals surface area contributed by atoms with E-state index in [9.17, 15) is 9.18 Å². The number of rotatable bonds is 8. The number of carbonyl (C=O) groups is 1. The van der Waals surface area contributed by atoms with Crippen molar-refractivity contribution in [2.75, 3.05) is 13.2 Å². The standard InChI is InChI=1S/C19H23FN2O2/c1-15(17-6-3-2-4-7-17)24-13-5-12-21-19(23)22-14-16-8-10-18(20)11-9-16/h2-4,6-11,15H,5,12-14H2,1H3,(H2,21,22,23). The molecule has 2 aromatic carbocycles. The maximum absolute atomic E-state index is 12.8. The third-order valence-corrected chi connectivity index (χ3v) is 3.61. The Morgan fingerprint density at radius 3 is 2.50 bits per heavy atom. The zero-order valence-corrected chi connectivity index (χ0v) is 13.8. The second kappa shape index (κ2) is 9.67. The predicted molar refractivity (Wildman–Crippen MR) is 92.1 cm³/mol. The Bertz CT molecular complexity index is 617. The van der Waals surface area contributed by atoms with Crippen molar-refractivity contribution in [3.8, 4) is 0 Å². The fraction of sp³-hybridized carbons (Fsp3) is 0.316. The van der Waals surface area contributed by atoms with Gasteiger partial charge in [-0.25, -0.2) is 9.18 Å². The van der Waals surface area contributed by atoms with Gasteiger partial charge in [-0.05, 0) is 36.6 Å². The average Bonchev–Trinajstić information content (AvgIpc) is 2.61. The Hall–Kier alpha value is -2.40. The van der Waals surface area contributed by atoms with E-state index in [1.54, 1.807) is 12.1 Å². The number of ether oxygens (including phenoxy) is 1. The van der Waals surface area contributed by atoms with E-state index in [-0.39, 0.29) is 18.0 Å². The van der Waals surface area contributed by atoms with Crippen LogP contribution in [0.2, 0.25) is 0 Å². The van der Waals surface area contributed by atoms with Crippen molar-refractivity contribution in [2.45, 2.75) is 26.0 Å². The zero-order chi connectivity index (χ0) is 17.2. The maximum atomic E-state index is 12.8. The van der Waals surface area contributed by atoms with Crippen molar-refractivity contribution in [3.05, 3.63) is 71.5 Å². The summed E-state index contributed by atoms with van der Waals surface area (Å²) in [5.74, 6) is -0.284. The summed E-state index contributed by atoms with van der Waals surface area (Å²) in [6, 6.07) is 15.8. The molecule has 0 aliphatic heterocycles. The van der Waals surface area contributed by atoms with Crippen LogP contribution in [0.5, 0.6) is 0 Å². The van der Waals surface area contributed by atoms with Crippen molar-refractivity contribution < 1.29 is 13.9 Å². The number of halogens is 1. The highest BCUT2D eigenvalue weighted by Gasteiger charge is 2.05. The number of carbonyl (C=O) groups excluding carboxylic acids is 1. The molecule has 0 aliphatic rings. The number of hydrogen-bond acceptors (Lipinski definition) is 2. The van der Waals surface area contributed by atoms with Gasteiger partial charge < -0.3 is 15.4 Å². The van der Waals surface area contributed by atoms with Gasteiger partial charge in [0.05, 0.1) is 6.10 Å². The summed E-state index contributed by atoms with van der Waals surface area (Å²) >= 11 is 0. The van der Waals surface area contributed by atoms with E-state index in [1.165, 1.54) is 12.1 Å². The lowest BCUT2D eigenvalue weighted by Gasteiger charge is -2.13. The Balaban J connectivity index is 1.55. The molecule has 0 saturated carbocycles. The van der Waals surface area contributed by atoms with Crippen molar-refractivity contribution in [1.82, 2.24) is 10.6 Å². The van der Waals surface area contributed by atoms with Crippen molar-refractivity contribution in [2.24, 2.45) is 0 Å². The minimum atomic E-state index is -0.284. The van der Waals surface area contributed by atoms with Gasteiger partial charge in [-0.1, -0.05) is 42.5 Å². The van der Waals surface area contributed by atoms with Crippen LogP contribution in [-0.2, 0) is 11.3 Å². The molecule has 2 rings (SSSR count). The molecule has 1 unspecified atom stereocenters. The third-order valence-electron chi connectivity index (χ3n) is 3.61. The second-order valence-electron chi connectivity index (χ2n) is 5.51. The topological polar surface area (TPSA) is 50.4 Å². The minimum Gasteiger partial charge on any atom is -0.374 e. The van der Waals surface area contributed by atoms with Crippen LogP contribution in [-0.4, -0.2) is 19.2 Å². The highest BCUT2D eigenvalue weighted by molar-refractivity contribution is 5.73. The molecule has 0 fully saturated rings. The summed E-state index contributed by atoms with van der Waals surface area (Å²) in [4.78, 5) is 11.7. The van der Waals surface area contributed by atoms with Crippen LogP contribution in [0.3, 0.4) is 0 Å². The van der Waals surface area contributed by atoms with Gasteiger partial charge in [0.2, 0.25) is 0 Å². The number of hydrogen-bond donors (Lipinski definition) is 2. The van der Waals surface area contributed by atoms with Gasteiger partial charge in [-0.2, -0.15) is 0 Å². The van der Waals surface area contributed by atoms with E-state index in [0.29, 0.717) is 19.7 Å². The zero-order valence-electron chi connectivity index (χ0n) is 13.8. The molecule has 0 radical (unpaired) electrons. The molecule has 0 aromatic heterocycles. The van der Waals surface area contributed by atoms with Crippen LogP contribution in [0.25, 0.3) is 0 Å². The fourth-order valence-corrected chi connectivity index (χ4v) is 2.20. The molecule has 2 aromatic rings. The lowest BCUT2D eigenvalue weighted by atomic mass is 10.1. The van der Waals surface area contributed by atoms with Gasteiger partial charge in [0.1, 0.15) is 5.82 Å². The monoisotopic (exact) mass is 330 g/mol. The van der Waals surface area contributed by atoms with Crippen LogP contribution < -0.4 is 10.6 Å². The smallest absolute Gasteiger partial charge is 0.315 e. The first kappa shape index (κ1) is 17.9. The minimum absolute atomic E-state index is 0.0403. The quantitative estimate of drug-likeness (QED) is 0.724. The molecular weight excluding hydrogens is 307 g/mol. The number of nitrogens with one attached hydrogen (secondary N) is 2. The first-order valence-corrected chi connectivity index (χ1v) is 8.08. The molecule has 0 heterocycles. The van der Waals surface area contributed by atoms with E-state index in [4.69, 9.17) is 4.74 Å². The number of urea groups is 1. The van der Waals surface area contributed by atoms with Gasteiger partial charge in [0.15, 0.2) is 0 Å². The summed E-state index contributed by atoms with van der Waals surface area (Å²) in [6.45, 7) is 3.50. The Kier molecular flexibility index (Phi) is 7.23. The Morgan fingerprint density at radius 2 is 1.79 bits per heavy atom. The lowest BCUT2D eigenvalue weighted by molar-refractivity contribution is 0.0644. The van der Waals surface area contributed by atoms with E-state index in [2.05, 4.69) is 10.6 Å². The highest BCUT2D eigenvalue weighted by atomic mass is 19.1. The first-order valence-electron chi connectivity index (χ1n) is 8.08. The van der Waals surface area contributed by atoms with Crippen molar-refractivity contribution >= 4 is 6.03 Å². The number of benzene rings is 2. The maximum Gasteiger partial charge on any atom is 0.315 e. The summed E-state index contributed by atoms with van der Waals surface area (Å²) in [5.41, 5.74) is 1.99. The number of amides is 2. The lowest BCUT2D eigenvalue weighted by Crippen LogP contribution is -2.35. The van der Waals surface area contributed by atoms with Gasteiger partial charge in [0.25, 0.3) is 0 Å². The average molecular weight is 330 g/mol. The Labute approximate surface area is 142 Å². The molecule has 24 heavy (non-hydrogen) atoms. The first-order chi connectivity index (χ1) is 11.6. The second-order valence-corrected chi connectivity index (χ2v) is 5.51. The van der Waals surface area contributed by atoms with E-state index in [0.717, 1.165) is 17.5 Å². The highest BCUT2D eigenvalue weighted by Crippen LogP contribution is 2.15. The molecule has 0 saturated heterocycles. The molecule has 1 atom stereocenters. The summed E-state index contributed by atoms with van der Waals surface area (Å²) in [6.07, 6.45) is 0.778. The van der Waals surface area contributed by atoms with Crippen LogP contribution in [0.1, 0.15) is 30.6 Å². The molecular formula is C19H23FN2O2. The van der Waals surface area contributed by atoms with Gasteiger partial charge in [-0.3, -0.25) is 0 Å². The van der Waals surface area contributed by atoms with Gasteiger partial charge in [-0.15, -0.1) is 0 Å². The molecule has 5 heteroatoms. The van der Waals surface area contributed by atoms with E-state index < -0.39 is 0 Å². The molecule has 128 valence electrons.